The van der Waals surface area contributed by atoms with Crippen molar-refractivity contribution < 1.29 is 9.59 Å². The molecule has 3 aromatic carbocycles. The van der Waals surface area contributed by atoms with Gasteiger partial charge in [-0.15, -0.1) is 11.8 Å². The second-order valence-corrected chi connectivity index (χ2v) is 8.26. The minimum Gasteiger partial charge on any atom is -0.332 e. The summed E-state index contributed by atoms with van der Waals surface area (Å²) in [6.45, 7) is 2.03. The van der Waals surface area contributed by atoms with E-state index in [0.29, 0.717) is 16.2 Å². The van der Waals surface area contributed by atoms with Crippen molar-refractivity contribution in [3.63, 3.8) is 0 Å². The Hall–Kier alpha value is -3.16. The van der Waals surface area contributed by atoms with E-state index in [-0.39, 0.29) is 17.7 Å². The molecule has 0 spiro atoms. The maximum Gasteiger partial charge on any atom is 0.262 e. The largest absolute Gasteiger partial charge is 0.332 e. The van der Waals surface area contributed by atoms with Crippen LogP contribution in [0.25, 0.3) is 0 Å². The van der Waals surface area contributed by atoms with Gasteiger partial charge in [0.25, 0.3) is 11.8 Å². The molecule has 2 amide bonds. The molecular formula is C23H19N3O2S2. The Morgan fingerprint density at radius 2 is 1.50 bits per heavy atom. The van der Waals surface area contributed by atoms with Gasteiger partial charge in [-0.3, -0.25) is 14.5 Å². The molecular weight excluding hydrogens is 414 g/mol. The molecule has 0 aromatic heterocycles. The van der Waals surface area contributed by atoms with Gasteiger partial charge in [0.2, 0.25) is 0 Å². The second kappa shape index (κ2) is 8.69. The van der Waals surface area contributed by atoms with Crippen LogP contribution in [0, 0.1) is 6.92 Å². The molecule has 1 heterocycles. The third-order valence-corrected chi connectivity index (χ3v) is 5.82. The van der Waals surface area contributed by atoms with Crippen molar-refractivity contribution in [1.82, 2.24) is 4.90 Å². The van der Waals surface area contributed by atoms with E-state index >= 15 is 0 Å². The number of rotatable bonds is 5. The molecule has 1 aliphatic rings. The molecule has 7 heteroatoms. The summed E-state index contributed by atoms with van der Waals surface area (Å²) >= 11 is 6.81. The number of thiocarbonyl (C=S) groups is 1. The fourth-order valence-corrected chi connectivity index (χ4v) is 4.22. The average Bonchev–Trinajstić information content (AvgIpc) is 2.99. The predicted octanol–water partition coefficient (Wildman–Crippen LogP) is 5.15. The van der Waals surface area contributed by atoms with Crippen LogP contribution in [0.5, 0.6) is 0 Å². The Kier molecular flexibility index (Phi) is 5.83. The number of nitrogens with zero attached hydrogens (tertiary/aromatic N) is 1. The molecule has 0 unspecified atom stereocenters. The van der Waals surface area contributed by atoms with Crippen LogP contribution in [0.4, 0.5) is 11.4 Å². The lowest BCUT2D eigenvalue weighted by molar-refractivity contribution is 0.0684. The first-order valence-corrected chi connectivity index (χ1v) is 10.7. The molecule has 1 aliphatic heterocycles. The fraction of sp³-hybridized carbons (Fsp3) is 0.0870. The number of fused-ring (bicyclic) bond motifs is 1. The molecule has 3 aromatic rings. The van der Waals surface area contributed by atoms with Gasteiger partial charge >= 0.3 is 0 Å². The summed E-state index contributed by atoms with van der Waals surface area (Å²) in [5.41, 5.74) is 3.85. The maximum atomic E-state index is 12.5. The van der Waals surface area contributed by atoms with Crippen molar-refractivity contribution in [2.24, 2.45) is 0 Å². The predicted molar refractivity (Wildman–Crippen MR) is 125 cm³/mol. The number of benzene rings is 3. The van der Waals surface area contributed by atoms with Crippen LogP contribution in [-0.4, -0.2) is 27.7 Å². The van der Waals surface area contributed by atoms with E-state index in [2.05, 4.69) is 10.6 Å². The molecule has 0 saturated carbocycles. The first kappa shape index (κ1) is 20.1. The van der Waals surface area contributed by atoms with Crippen molar-refractivity contribution in [2.75, 3.05) is 16.5 Å². The Morgan fingerprint density at radius 3 is 2.17 bits per heavy atom. The second-order valence-electron chi connectivity index (χ2n) is 6.83. The van der Waals surface area contributed by atoms with Gasteiger partial charge in [-0.25, -0.2) is 0 Å². The first-order valence-electron chi connectivity index (χ1n) is 9.34. The third-order valence-electron chi connectivity index (χ3n) is 4.64. The van der Waals surface area contributed by atoms with Gasteiger partial charge in [0.05, 0.1) is 17.0 Å². The Balaban J connectivity index is 1.37. The minimum atomic E-state index is -0.249. The lowest BCUT2D eigenvalue weighted by Gasteiger charge is -2.14. The molecule has 0 bridgehead atoms. The Labute approximate surface area is 184 Å². The van der Waals surface area contributed by atoms with Crippen LogP contribution in [-0.2, 0) is 0 Å². The van der Waals surface area contributed by atoms with Crippen molar-refractivity contribution in [1.29, 1.82) is 0 Å². The van der Waals surface area contributed by atoms with E-state index in [1.165, 1.54) is 22.2 Å². The van der Waals surface area contributed by atoms with Crippen LogP contribution in [0.15, 0.2) is 77.7 Å². The normalized spacial score (nSPS) is 12.6. The van der Waals surface area contributed by atoms with Gasteiger partial charge in [-0.2, -0.15) is 0 Å². The average molecular weight is 434 g/mol. The van der Waals surface area contributed by atoms with Gasteiger partial charge in [-0.05, 0) is 61.6 Å². The fourth-order valence-electron chi connectivity index (χ4n) is 3.09. The SMILES string of the molecule is Cc1ccc(NC(=S)Nc2cccc(SCN3C(=O)c4ccccc4C3=O)c2)cc1. The number of anilines is 2. The molecule has 150 valence electrons. The number of aryl methyl sites for hydroxylation is 1. The smallest absolute Gasteiger partial charge is 0.262 e. The van der Waals surface area contributed by atoms with Crippen molar-refractivity contribution >= 4 is 52.3 Å². The zero-order valence-corrected chi connectivity index (χ0v) is 17.8. The van der Waals surface area contributed by atoms with Crippen molar-refractivity contribution in [2.45, 2.75) is 11.8 Å². The molecule has 0 radical (unpaired) electrons. The third kappa shape index (κ3) is 4.37. The highest BCUT2D eigenvalue weighted by atomic mass is 32.2. The number of carbonyl (C=O) groups is 2. The Bertz CT molecular complexity index is 1090. The van der Waals surface area contributed by atoms with E-state index in [1.807, 2.05) is 55.5 Å². The number of thioether (sulfide) groups is 1. The molecule has 0 aliphatic carbocycles. The first-order chi connectivity index (χ1) is 14.5. The van der Waals surface area contributed by atoms with E-state index in [1.54, 1.807) is 24.3 Å². The zero-order valence-electron chi connectivity index (χ0n) is 16.2. The summed E-state index contributed by atoms with van der Waals surface area (Å²) < 4.78 is 0. The van der Waals surface area contributed by atoms with Crippen molar-refractivity contribution in [3.05, 3.63) is 89.5 Å². The summed E-state index contributed by atoms with van der Waals surface area (Å²) in [7, 11) is 0. The van der Waals surface area contributed by atoms with E-state index in [0.717, 1.165) is 16.3 Å². The maximum absolute atomic E-state index is 12.5. The molecule has 2 N–H and O–H groups in total. The number of hydrogen-bond donors (Lipinski definition) is 2. The molecule has 5 nitrogen and oxygen atoms in total. The van der Waals surface area contributed by atoms with Crippen LogP contribution >= 0.6 is 24.0 Å². The summed E-state index contributed by atoms with van der Waals surface area (Å²) in [4.78, 5) is 27.2. The summed E-state index contributed by atoms with van der Waals surface area (Å²) in [6, 6.07) is 22.6. The van der Waals surface area contributed by atoms with Gasteiger partial charge in [0.15, 0.2) is 5.11 Å². The minimum absolute atomic E-state index is 0.249. The highest BCUT2D eigenvalue weighted by Crippen LogP contribution is 2.28. The lowest BCUT2D eigenvalue weighted by atomic mass is 10.1. The Morgan fingerprint density at radius 1 is 0.867 bits per heavy atom. The van der Waals surface area contributed by atoms with E-state index in [4.69, 9.17) is 12.2 Å². The van der Waals surface area contributed by atoms with Gasteiger partial charge in [-0.1, -0.05) is 35.9 Å². The van der Waals surface area contributed by atoms with Crippen LogP contribution in [0.3, 0.4) is 0 Å². The number of amides is 2. The molecule has 30 heavy (non-hydrogen) atoms. The van der Waals surface area contributed by atoms with Crippen LogP contribution in [0.2, 0.25) is 0 Å². The lowest BCUT2D eigenvalue weighted by Crippen LogP contribution is -2.29. The highest BCUT2D eigenvalue weighted by molar-refractivity contribution is 7.99. The standard InChI is InChI=1S/C23H19N3O2S2/c1-15-9-11-16(12-10-15)24-23(29)25-17-5-4-6-18(13-17)30-14-26-21(27)19-7-2-3-8-20(19)22(26)28/h2-13H,14H2,1H3,(H2,24,25,29). The van der Waals surface area contributed by atoms with Crippen molar-refractivity contribution in [3.8, 4) is 0 Å². The summed E-state index contributed by atoms with van der Waals surface area (Å²) in [5.74, 6) is -0.247. The topological polar surface area (TPSA) is 61.4 Å². The number of hydrogen-bond acceptors (Lipinski definition) is 4. The van der Waals surface area contributed by atoms with Gasteiger partial charge in [0, 0.05) is 16.3 Å². The monoisotopic (exact) mass is 433 g/mol. The van der Waals surface area contributed by atoms with E-state index in [9.17, 15) is 9.59 Å². The van der Waals surface area contributed by atoms with Crippen LogP contribution < -0.4 is 10.6 Å². The van der Waals surface area contributed by atoms with Crippen LogP contribution in [0.1, 0.15) is 26.3 Å². The highest BCUT2D eigenvalue weighted by Gasteiger charge is 2.34. The van der Waals surface area contributed by atoms with Gasteiger partial charge in [0.1, 0.15) is 0 Å². The summed E-state index contributed by atoms with van der Waals surface area (Å²) in [6.07, 6.45) is 0. The molecule has 4 rings (SSSR count). The summed E-state index contributed by atoms with van der Waals surface area (Å²) in [5, 5.41) is 6.80. The number of nitrogens with one attached hydrogen (secondary N) is 2. The zero-order chi connectivity index (χ0) is 21.1. The number of carbonyl (C=O) groups excluding carboxylic acids is 2. The quantitative estimate of drug-likeness (QED) is 0.330. The number of imide groups is 1. The van der Waals surface area contributed by atoms with E-state index < -0.39 is 0 Å². The molecule has 0 saturated heterocycles. The molecule has 0 fully saturated rings. The molecule has 0 atom stereocenters. The van der Waals surface area contributed by atoms with Gasteiger partial charge < -0.3 is 10.6 Å².